The van der Waals surface area contributed by atoms with Gasteiger partial charge < -0.3 is 10.6 Å². The number of amides is 1. The van der Waals surface area contributed by atoms with E-state index in [0.717, 1.165) is 11.1 Å². The number of carbonyl (C=O) groups excluding carboxylic acids is 1. The van der Waals surface area contributed by atoms with E-state index in [1.807, 2.05) is 25.1 Å². The Balaban J connectivity index is 1.62. The summed E-state index contributed by atoms with van der Waals surface area (Å²) in [5, 5.41) is 12.3. The molecular formula is C24H17Cl3N6O. The number of pyridine rings is 1. The second-order valence-corrected chi connectivity index (χ2v) is 8.90. The summed E-state index contributed by atoms with van der Waals surface area (Å²) < 4.78 is 1.68. The molecule has 1 amide bonds. The molecule has 0 fully saturated rings. The number of fused-ring (bicyclic) bond motifs is 1. The molecule has 7 nitrogen and oxygen atoms in total. The molecule has 10 heteroatoms. The standard InChI is InChI=1S/C24H17Cl3N6O/c1-13-20(23(34)30-17-3-2-10-28-12-17)21(15-6-9-18(26)19(27)11-15)33-24(29-13)31-22(32-33)14-4-7-16(25)8-5-14/h2-12,21H,1H3,(H,30,34)(H,29,31,32). The lowest BCUT2D eigenvalue weighted by Gasteiger charge is -2.28. The molecule has 3 heterocycles. The van der Waals surface area contributed by atoms with E-state index in [1.54, 1.807) is 53.5 Å². The second-order valence-electron chi connectivity index (χ2n) is 7.65. The van der Waals surface area contributed by atoms with Crippen molar-refractivity contribution < 1.29 is 4.79 Å². The van der Waals surface area contributed by atoms with Gasteiger partial charge in [-0.1, -0.05) is 40.9 Å². The van der Waals surface area contributed by atoms with Crippen molar-refractivity contribution in [1.29, 1.82) is 0 Å². The lowest BCUT2D eigenvalue weighted by molar-refractivity contribution is -0.113. The fraction of sp³-hybridized carbons (Fsp3) is 0.0833. The number of halogens is 3. The molecule has 2 N–H and O–H groups in total. The molecule has 0 saturated carbocycles. The summed E-state index contributed by atoms with van der Waals surface area (Å²) >= 11 is 18.5. The molecule has 1 aliphatic rings. The number of hydrogen-bond acceptors (Lipinski definition) is 5. The first-order valence-electron chi connectivity index (χ1n) is 10.3. The van der Waals surface area contributed by atoms with Crippen LogP contribution < -0.4 is 10.6 Å². The van der Waals surface area contributed by atoms with Crippen molar-refractivity contribution in [2.24, 2.45) is 0 Å². The van der Waals surface area contributed by atoms with Gasteiger partial charge in [0.2, 0.25) is 5.95 Å². The number of aromatic nitrogens is 4. The maximum absolute atomic E-state index is 13.5. The molecule has 2 aromatic heterocycles. The number of anilines is 2. The molecule has 34 heavy (non-hydrogen) atoms. The largest absolute Gasteiger partial charge is 0.328 e. The number of nitrogens with zero attached hydrogens (tertiary/aromatic N) is 4. The Morgan fingerprint density at radius 3 is 2.56 bits per heavy atom. The molecule has 2 aromatic carbocycles. The number of allylic oxidation sites excluding steroid dienone is 1. The normalized spacial score (nSPS) is 15.0. The van der Waals surface area contributed by atoms with E-state index in [1.165, 1.54) is 0 Å². The minimum atomic E-state index is -0.601. The Kier molecular flexibility index (Phi) is 6.00. The fourth-order valence-electron chi connectivity index (χ4n) is 3.79. The van der Waals surface area contributed by atoms with Crippen LogP contribution >= 0.6 is 34.8 Å². The summed E-state index contributed by atoms with van der Waals surface area (Å²) in [6.07, 6.45) is 3.22. The summed E-state index contributed by atoms with van der Waals surface area (Å²) in [7, 11) is 0. The minimum absolute atomic E-state index is 0.303. The van der Waals surface area contributed by atoms with Gasteiger partial charge in [0.15, 0.2) is 5.82 Å². The van der Waals surface area contributed by atoms with Gasteiger partial charge in [-0.2, -0.15) is 4.98 Å². The summed E-state index contributed by atoms with van der Waals surface area (Å²) in [5.41, 5.74) is 3.20. The van der Waals surface area contributed by atoms with Crippen LogP contribution in [-0.2, 0) is 4.79 Å². The number of carbonyl (C=O) groups is 1. The van der Waals surface area contributed by atoms with Crippen molar-refractivity contribution in [2.75, 3.05) is 10.6 Å². The van der Waals surface area contributed by atoms with Gasteiger partial charge in [-0.15, -0.1) is 5.10 Å². The van der Waals surface area contributed by atoms with Crippen LogP contribution in [0.5, 0.6) is 0 Å². The first kappa shape index (κ1) is 22.4. The van der Waals surface area contributed by atoms with Crippen LogP contribution in [0, 0.1) is 0 Å². The summed E-state index contributed by atoms with van der Waals surface area (Å²) in [6.45, 7) is 1.82. The molecule has 0 radical (unpaired) electrons. The highest BCUT2D eigenvalue weighted by molar-refractivity contribution is 6.42. The Morgan fingerprint density at radius 2 is 1.85 bits per heavy atom. The number of rotatable bonds is 4. The SMILES string of the molecule is CC1=C(C(=O)Nc2cccnc2)C(c2ccc(Cl)c(Cl)c2)n2nc(-c3ccc(Cl)cc3)nc2N1. The van der Waals surface area contributed by atoms with Crippen LogP contribution in [0.2, 0.25) is 15.1 Å². The third kappa shape index (κ3) is 4.25. The van der Waals surface area contributed by atoms with Gasteiger partial charge in [-0.05, 0) is 61.0 Å². The number of nitrogens with one attached hydrogen (secondary N) is 2. The third-order valence-electron chi connectivity index (χ3n) is 5.38. The smallest absolute Gasteiger partial charge is 0.255 e. The molecule has 4 aromatic rings. The molecule has 0 saturated heterocycles. The van der Waals surface area contributed by atoms with E-state index >= 15 is 0 Å². The minimum Gasteiger partial charge on any atom is -0.328 e. The lowest BCUT2D eigenvalue weighted by Crippen LogP contribution is -2.31. The Hall–Kier alpha value is -3.39. The highest BCUT2D eigenvalue weighted by Gasteiger charge is 2.34. The van der Waals surface area contributed by atoms with Crippen molar-refractivity contribution >= 4 is 52.3 Å². The Morgan fingerprint density at radius 1 is 1.06 bits per heavy atom. The molecule has 0 aliphatic carbocycles. The van der Waals surface area contributed by atoms with Gasteiger partial charge in [0.05, 0.1) is 27.5 Å². The fourth-order valence-corrected chi connectivity index (χ4v) is 4.22. The Labute approximate surface area is 210 Å². The number of benzene rings is 2. The molecule has 1 unspecified atom stereocenters. The van der Waals surface area contributed by atoms with E-state index in [9.17, 15) is 4.79 Å². The van der Waals surface area contributed by atoms with Crippen molar-refractivity contribution in [3.63, 3.8) is 0 Å². The molecule has 0 bridgehead atoms. The Bertz CT molecular complexity index is 1420. The zero-order valence-corrected chi connectivity index (χ0v) is 20.0. The van der Waals surface area contributed by atoms with Crippen LogP contribution in [0.3, 0.4) is 0 Å². The maximum Gasteiger partial charge on any atom is 0.255 e. The summed E-state index contributed by atoms with van der Waals surface area (Å²) in [4.78, 5) is 22.2. The van der Waals surface area contributed by atoms with Crippen LogP contribution in [0.4, 0.5) is 11.6 Å². The average molecular weight is 512 g/mol. The van der Waals surface area contributed by atoms with Crippen molar-refractivity contribution in [1.82, 2.24) is 19.7 Å². The van der Waals surface area contributed by atoms with Gasteiger partial charge in [-0.25, -0.2) is 4.68 Å². The van der Waals surface area contributed by atoms with Gasteiger partial charge in [-0.3, -0.25) is 9.78 Å². The van der Waals surface area contributed by atoms with E-state index in [4.69, 9.17) is 39.9 Å². The topological polar surface area (TPSA) is 84.7 Å². The van der Waals surface area contributed by atoms with Gasteiger partial charge in [0.25, 0.3) is 5.91 Å². The van der Waals surface area contributed by atoms with Crippen molar-refractivity contribution in [2.45, 2.75) is 13.0 Å². The van der Waals surface area contributed by atoms with Gasteiger partial charge in [0, 0.05) is 22.5 Å². The van der Waals surface area contributed by atoms with Crippen LogP contribution in [-0.4, -0.2) is 25.7 Å². The first-order chi connectivity index (χ1) is 16.4. The predicted molar refractivity (Wildman–Crippen MR) is 134 cm³/mol. The lowest BCUT2D eigenvalue weighted by atomic mass is 9.95. The molecule has 5 rings (SSSR count). The van der Waals surface area contributed by atoms with Crippen LogP contribution in [0.1, 0.15) is 18.5 Å². The quantitative estimate of drug-likeness (QED) is 0.339. The van der Waals surface area contributed by atoms with Gasteiger partial charge in [0.1, 0.15) is 6.04 Å². The van der Waals surface area contributed by atoms with Gasteiger partial charge >= 0.3 is 0 Å². The highest BCUT2D eigenvalue weighted by Crippen LogP contribution is 2.38. The maximum atomic E-state index is 13.5. The van der Waals surface area contributed by atoms with Crippen molar-refractivity contribution in [3.8, 4) is 11.4 Å². The monoisotopic (exact) mass is 510 g/mol. The highest BCUT2D eigenvalue weighted by atomic mass is 35.5. The zero-order chi connectivity index (χ0) is 23.8. The molecule has 1 aliphatic heterocycles. The molecule has 0 spiro atoms. The van der Waals surface area contributed by atoms with Crippen LogP contribution in [0.25, 0.3) is 11.4 Å². The second kappa shape index (κ2) is 9.10. The number of hydrogen-bond donors (Lipinski definition) is 2. The molecular weight excluding hydrogens is 495 g/mol. The zero-order valence-electron chi connectivity index (χ0n) is 17.8. The van der Waals surface area contributed by atoms with E-state index in [-0.39, 0.29) is 5.91 Å². The predicted octanol–water partition coefficient (Wildman–Crippen LogP) is 6.23. The first-order valence-corrected chi connectivity index (χ1v) is 11.4. The average Bonchev–Trinajstić information content (AvgIpc) is 3.24. The summed E-state index contributed by atoms with van der Waals surface area (Å²) in [6, 6.07) is 15.4. The summed E-state index contributed by atoms with van der Waals surface area (Å²) in [5.74, 6) is 0.686. The van der Waals surface area contributed by atoms with Crippen LogP contribution in [0.15, 0.2) is 78.3 Å². The third-order valence-corrected chi connectivity index (χ3v) is 6.37. The molecule has 170 valence electrons. The van der Waals surface area contributed by atoms with E-state index in [0.29, 0.717) is 43.8 Å². The molecule has 1 atom stereocenters. The van der Waals surface area contributed by atoms with Crippen molar-refractivity contribution in [3.05, 3.63) is 98.9 Å². The van der Waals surface area contributed by atoms with E-state index < -0.39 is 6.04 Å². The van der Waals surface area contributed by atoms with E-state index in [2.05, 4.69) is 20.6 Å².